The van der Waals surface area contributed by atoms with Crippen LogP contribution >= 0.6 is 0 Å². The predicted molar refractivity (Wildman–Crippen MR) is 81.0 cm³/mol. The molecule has 0 spiro atoms. The first kappa shape index (κ1) is 17.0. The zero-order valence-electron chi connectivity index (χ0n) is 13.8. The van der Waals surface area contributed by atoms with Crippen molar-refractivity contribution in [3.63, 3.8) is 0 Å². The van der Waals surface area contributed by atoms with E-state index >= 15 is 0 Å². The van der Waals surface area contributed by atoms with Gasteiger partial charge in [0.1, 0.15) is 6.10 Å². The molecule has 1 unspecified atom stereocenters. The molecular weight excluding hydrogens is 284 g/mol. The fourth-order valence-corrected chi connectivity index (χ4v) is 3.66. The molecule has 124 valence electrons. The lowest BCUT2D eigenvalue weighted by Crippen LogP contribution is -2.41. The maximum absolute atomic E-state index is 11.6. The summed E-state index contributed by atoms with van der Waals surface area (Å²) in [7, 11) is 0. The molecule has 2 saturated heterocycles. The predicted octanol–water partition coefficient (Wildman–Crippen LogP) is 2.49. The molecule has 2 aliphatic rings. The van der Waals surface area contributed by atoms with Crippen molar-refractivity contribution in [2.75, 3.05) is 6.61 Å². The SMILES string of the molecule is CCOC(=O)/C=C/[C@H]1[C@@H](C(OC(C)=O)C(C)C)[C@@H]2CC[C@H]1O2. The number of esters is 2. The average Bonchev–Trinajstić information content (AvgIpc) is 3.03. The molecule has 5 atom stereocenters. The van der Waals surface area contributed by atoms with Crippen LogP contribution in [0, 0.1) is 17.8 Å². The van der Waals surface area contributed by atoms with E-state index in [1.165, 1.54) is 13.0 Å². The summed E-state index contributed by atoms with van der Waals surface area (Å²) >= 11 is 0. The minimum Gasteiger partial charge on any atom is -0.463 e. The van der Waals surface area contributed by atoms with Crippen LogP contribution in [0.1, 0.15) is 40.5 Å². The van der Waals surface area contributed by atoms with E-state index in [9.17, 15) is 9.59 Å². The van der Waals surface area contributed by atoms with Gasteiger partial charge in [0.15, 0.2) is 0 Å². The summed E-state index contributed by atoms with van der Waals surface area (Å²) in [4.78, 5) is 23.0. The number of carbonyl (C=O) groups excluding carboxylic acids is 2. The van der Waals surface area contributed by atoms with Crippen LogP contribution in [-0.4, -0.2) is 36.9 Å². The summed E-state index contributed by atoms with van der Waals surface area (Å²) in [5.41, 5.74) is 0. The van der Waals surface area contributed by atoms with Crippen LogP contribution < -0.4 is 0 Å². The molecule has 0 aromatic carbocycles. The van der Waals surface area contributed by atoms with Crippen molar-refractivity contribution in [3.8, 4) is 0 Å². The van der Waals surface area contributed by atoms with Gasteiger partial charge in [-0.25, -0.2) is 4.79 Å². The molecule has 2 heterocycles. The van der Waals surface area contributed by atoms with E-state index in [1.807, 2.05) is 19.9 Å². The number of fused-ring (bicyclic) bond motifs is 2. The maximum Gasteiger partial charge on any atom is 0.330 e. The summed E-state index contributed by atoms with van der Waals surface area (Å²) in [6.45, 7) is 7.68. The van der Waals surface area contributed by atoms with Gasteiger partial charge in [0, 0.05) is 24.8 Å². The fraction of sp³-hybridized carbons (Fsp3) is 0.765. The highest BCUT2D eigenvalue weighted by Gasteiger charge is 2.52. The van der Waals surface area contributed by atoms with Gasteiger partial charge in [0.2, 0.25) is 0 Å². The van der Waals surface area contributed by atoms with Crippen molar-refractivity contribution in [2.24, 2.45) is 17.8 Å². The summed E-state index contributed by atoms with van der Waals surface area (Å²) in [5.74, 6) is -0.203. The van der Waals surface area contributed by atoms with Gasteiger partial charge in [-0.05, 0) is 25.7 Å². The molecule has 2 fully saturated rings. The Bertz CT molecular complexity index is 442. The van der Waals surface area contributed by atoms with Crippen LogP contribution in [0.5, 0.6) is 0 Å². The standard InChI is InChI=1S/C17H26O5/c1-5-20-15(19)9-6-12-13-7-8-14(22-13)16(12)17(10(2)3)21-11(4)18/h6,9-10,12-14,16-17H,5,7-8H2,1-4H3/b9-6+/t12-,13-,14+,16-,17?/m1/s1. The summed E-state index contributed by atoms with van der Waals surface area (Å²) in [5, 5.41) is 0. The number of ether oxygens (including phenoxy) is 3. The first-order valence-corrected chi connectivity index (χ1v) is 8.11. The maximum atomic E-state index is 11.6. The number of hydrogen-bond acceptors (Lipinski definition) is 5. The lowest BCUT2D eigenvalue weighted by atomic mass is 9.73. The second kappa shape index (κ2) is 7.27. The molecule has 0 radical (unpaired) electrons. The van der Waals surface area contributed by atoms with Crippen molar-refractivity contribution in [3.05, 3.63) is 12.2 Å². The van der Waals surface area contributed by atoms with Gasteiger partial charge >= 0.3 is 11.9 Å². The zero-order valence-corrected chi connectivity index (χ0v) is 13.8. The molecule has 0 N–H and O–H groups in total. The molecule has 2 bridgehead atoms. The Morgan fingerprint density at radius 3 is 2.55 bits per heavy atom. The third-order valence-electron chi connectivity index (χ3n) is 4.47. The molecule has 2 rings (SSSR count). The van der Waals surface area contributed by atoms with Gasteiger partial charge < -0.3 is 14.2 Å². The Kier molecular flexibility index (Phi) is 5.62. The van der Waals surface area contributed by atoms with Gasteiger partial charge in [0.05, 0.1) is 18.8 Å². The summed E-state index contributed by atoms with van der Waals surface area (Å²) < 4.78 is 16.5. The summed E-state index contributed by atoms with van der Waals surface area (Å²) in [6, 6.07) is 0. The number of hydrogen-bond donors (Lipinski definition) is 0. The van der Waals surface area contributed by atoms with E-state index in [1.54, 1.807) is 6.92 Å². The first-order valence-electron chi connectivity index (χ1n) is 8.11. The Morgan fingerprint density at radius 1 is 1.27 bits per heavy atom. The lowest BCUT2D eigenvalue weighted by Gasteiger charge is -2.34. The highest BCUT2D eigenvalue weighted by Crippen LogP contribution is 2.47. The van der Waals surface area contributed by atoms with Crippen molar-refractivity contribution in [1.29, 1.82) is 0 Å². The molecule has 0 aromatic rings. The minimum absolute atomic E-state index is 0.0925. The van der Waals surface area contributed by atoms with Gasteiger partial charge in [-0.15, -0.1) is 0 Å². The van der Waals surface area contributed by atoms with Crippen molar-refractivity contribution >= 4 is 11.9 Å². The summed E-state index contributed by atoms with van der Waals surface area (Å²) in [6.07, 6.45) is 5.37. The molecule has 0 aromatic heterocycles. The molecule has 5 nitrogen and oxygen atoms in total. The topological polar surface area (TPSA) is 61.8 Å². The van der Waals surface area contributed by atoms with E-state index < -0.39 is 0 Å². The highest BCUT2D eigenvalue weighted by molar-refractivity contribution is 5.81. The Hall–Kier alpha value is -1.36. The van der Waals surface area contributed by atoms with Crippen molar-refractivity contribution < 1.29 is 23.8 Å². The third-order valence-corrected chi connectivity index (χ3v) is 4.47. The van der Waals surface area contributed by atoms with Crippen LogP contribution in [0.3, 0.4) is 0 Å². The zero-order chi connectivity index (χ0) is 16.3. The van der Waals surface area contributed by atoms with Crippen molar-refractivity contribution in [2.45, 2.75) is 58.8 Å². The van der Waals surface area contributed by atoms with E-state index in [0.717, 1.165) is 12.8 Å². The van der Waals surface area contributed by atoms with Gasteiger partial charge in [-0.1, -0.05) is 19.9 Å². The largest absolute Gasteiger partial charge is 0.463 e. The average molecular weight is 310 g/mol. The van der Waals surface area contributed by atoms with Crippen LogP contribution in [-0.2, 0) is 23.8 Å². The Morgan fingerprint density at radius 2 is 1.95 bits per heavy atom. The third kappa shape index (κ3) is 3.69. The van der Waals surface area contributed by atoms with Crippen LogP contribution in [0.25, 0.3) is 0 Å². The number of rotatable bonds is 6. The highest BCUT2D eigenvalue weighted by atomic mass is 16.6. The normalized spacial score (nSPS) is 31.7. The smallest absolute Gasteiger partial charge is 0.330 e. The quantitative estimate of drug-likeness (QED) is 0.557. The fourth-order valence-electron chi connectivity index (χ4n) is 3.66. The van der Waals surface area contributed by atoms with E-state index in [0.29, 0.717) is 6.61 Å². The first-order chi connectivity index (χ1) is 10.4. The molecule has 5 heteroatoms. The molecule has 0 amide bonds. The Labute approximate surface area is 132 Å². The van der Waals surface area contributed by atoms with E-state index in [4.69, 9.17) is 14.2 Å². The molecule has 0 saturated carbocycles. The monoisotopic (exact) mass is 310 g/mol. The Balaban J connectivity index is 2.15. The van der Waals surface area contributed by atoms with Gasteiger partial charge in [0.25, 0.3) is 0 Å². The lowest BCUT2D eigenvalue weighted by molar-refractivity contribution is -0.154. The molecule has 0 aliphatic carbocycles. The molecule has 2 aliphatic heterocycles. The van der Waals surface area contributed by atoms with Crippen molar-refractivity contribution in [1.82, 2.24) is 0 Å². The second-order valence-electron chi connectivity index (χ2n) is 6.37. The molecule has 22 heavy (non-hydrogen) atoms. The second-order valence-corrected chi connectivity index (χ2v) is 6.37. The minimum atomic E-state index is -0.336. The van der Waals surface area contributed by atoms with Gasteiger partial charge in [-0.2, -0.15) is 0 Å². The van der Waals surface area contributed by atoms with Crippen LogP contribution in [0.15, 0.2) is 12.2 Å². The van der Waals surface area contributed by atoms with E-state index in [2.05, 4.69) is 0 Å². The van der Waals surface area contributed by atoms with Crippen LogP contribution in [0.4, 0.5) is 0 Å². The van der Waals surface area contributed by atoms with Gasteiger partial charge in [-0.3, -0.25) is 4.79 Å². The molecular formula is C17H26O5. The number of carbonyl (C=O) groups is 2. The van der Waals surface area contributed by atoms with Crippen LogP contribution in [0.2, 0.25) is 0 Å². The van der Waals surface area contributed by atoms with E-state index in [-0.39, 0.29) is 48.0 Å².